The molecule has 0 aromatic carbocycles. The summed E-state index contributed by atoms with van der Waals surface area (Å²) in [7, 11) is 0. The van der Waals surface area contributed by atoms with Crippen LogP contribution >= 0.6 is 0 Å². The SMILES string of the molecule is CC(C)c1nccn1C1CCCCCC1C#N. The lowest BCUT2D eigenvalue weighted by Crippen LogP contribution is -2.19. The summed E-state index contributed by atoms with van der Waals surface area (Å²) < 4.78 is 2.25. The third kappa shape index (κ3) is 2.52. The monoisotopic (exact) mass is 231 g/mol. The van der Waals surface area contributed by atoms with Crippen LogP contribution in [0, 0.1) is 17.2 Å². The molecule has 0 spiro atoms. The molecule has 17 heavy (non-hydrogen) atoms. The minimum Gasteiger partial charge on any atom is -0.330 e. The fourth-order valence-electron chi connectivity index (χ4n) is 2.82. The second kappa shape index (κ2) is 5.35. The molecule has 1 aliphatic rings. The van der Waals surface area contributed by atoms with Gasteiger partial charge in [0.15, 0.2) is 0 Å². The zero-order valence-electron chi connectivity index (χ0n) is 10.8. The predicted molar refractivity (Wildman–Crippen MR) is 67.5 cm³/mol. The third-order valence-corrected chi connectivity index (χ3v) is 3.72. The molecule has 0 amide bonds. The second-order valence-electron chi connectivity index (χ2n) is 5.29. The summed E-state index contributed by atoms with van der Waals surface area (Å²) in [6.45, 7) is 4.33. The fraction of sp³-hybridized carbons (Fsp3) is 0.714. The molecule has 0 saturated heterocycles. The number of imidazole rings is 1. The van der Waals surface area contributed by atoms with E-state index in [1.165, 1.54) is 19.3 Å². The maximum atomic E-state index is 9.33. The van der Waals surface area contributed by atoms with Crippen LogP contribution in [0.1, 0.15) is 63.7 Å². The molecule has 0 aliphatic heterocycles. The van der Waals surface area contributed by atoms with Gasteiger partial charge >= 0.3 is 0 Å². The van der Waals surface area contributed by atoms with Crippen LogP contribution in [-0.2, 0) is 0 Å². The van der Waals surface area contributed by atoms with E-state index in [2.05, 4.69) is 35.7 Å². The smallest absolute Gasteiger partial charge is 0.111 e. The van der Waals surface area contributed by atoms with Crippen molar-refractivity contribution in [3.8, 4) is 6.07 Å². The largest absolute Gasteiger partial charge is 0.330 e. The predicted octanol–water partition coefficient (Wildman–Crippen LogP) is 3.65. The maximum Gasteiger partial charge on any atom is 0.111 e. The number of hydrogen-bond acceptors (Lipinski definition) is 2. The summed E-state index contributed by atoms with van der Waals surface area (Å²) in [6, 6.07) is 2.84. The number of nitriles is 1. The minimum atomic E-state index is 0.157. The first-order chi connectivity index (χ1) is 8.24. The molecule has 2 unspecified atom stereocenters. The second-order valence-corrected chi connectivity index (χ2v) is 5.29. The molecule has 1 fully saturated rings. The molecule has 92 valence electrons. The van der Waals surface area contributed by atoms with Gasteiger partial charge in [-0.05, 0) is 12.8 Å². The van der Waals surface area contributed by atoms with Gasteiger partial charge in [0.25, 0.3) is 0 Å². The van der Waals surface area contributed by atoms with Gasteiger partial charge < -0.3 is 4.57 Å². The molecule has 0 N–H and O–H groups in total. The molecule has 1 aliphatic carbocycles. The highest BCUT2D eigenvalue weighted by molar-refractivity contribution is 5.04. The maximum absolute atomic E-state index is 9.33. The van der Waals surface area contributed by atoms with Gasteiger partial charge in [0, 0.05) is 18.3 Å². The van der Waals surface area contributed by atoms with Crippen LogP contribution in [0.25, 0.3) is 0 Å². The average Bonchev–Trinajstić information content (AvgIpc) is 2.68. The van der Waals surface area contributed by atoms with E-state index in [4.69, 9.17) is 0 Å². The molecular weight excluding hydrogens is 210 g/mol. The topological polar surface area (TPSA) is 41.6 Å². The zero-order valence-corrected chi connectivity index (χ0v) is 10.8. The number of rotatable bonds is 2. The van der Waals surface area contributed by atoms with Crippen molar-refractivity contribution in [3.05, 3.63) is 18.2 Å². The highest BCUT2D eigenvalue weighted by atomic mass is 15.1. The molecule has 2 atom stereocenters. The standard InChI is InChI=1S/C14H21N3/c1-11(2)14-16-8-9-17(14)13-7-5-3-4-6-12(13)10-15/h8-9,11-13H,3-7H2,1-2H3. The van der Waals surface area contributed by atoms with E-state index in [1.807, 2.05) is 6.20 Å². The van der Waals surface area contributed by atoms with E-state index in [0.29, 0.717) is 12.0 Å². The van der Waals surface area contributed by atoms with Crippen molar-refractivity contribution in [2.45, 2.75) is 57.9 Å². The van der Waals surface area contributed by atoms with Crippen molar-refractivity contribution < 1.29 is 0 Å². The fourth-order valence-corrected chi connectivity index (χ4v) is 2.82. The van der Waals surface area contributed by atoms with Gasteiger partial charge in [0.1, 0.15) is 5.82 Å². The van der Waals surface area contributed by atoms with Crippen molar-refractivity contribution in [2.24, 2.45) is 5.92 Å². The third-order valence-electron chi connectivity index (χ3n) is 3.72. The van der Waals surface area contributed by atoms with Crippen LogP contribution in [-0.4, -0.2) is 9.55 Å². The van der Waals surface area contributed by atoms with E-state index in [1.54, 1.807) is 0 Å². The summed E-state index contributed by atoms with van der Waals surface area (Å²) in [4.78, 5) is 4.44. The van der Waals surface area contributed by atoms with E-state index >= 15 is 0 Å². The molecule has 3 nitrogen and oxygen atoms in total. The zero-order chi connectivity index (χ0) is 12.3. The quantitative estimate of drug-likeness (QED) is 0.729. The van der Waals surface area contributed by atoms with E-state index in [9.17, 15) is 5.26 Å². The van der Waals surface area contributed by atoms with E-state index in [0.717, 1.165) is 18.7 Å². The molecular formula is C14H21N3. The van der Waals surface area contributed by atoms with Crippen LogP contribution in [0.3, 0.4) is 0 Å². The van der Waals surface area contributed by atoms with Crippen molar-refractivity contribution in [1.29, 1.82) is 5.26 Å². The van der Waals surface area contributed by atoms with Gasteiger partial charge in [-0.15, -0.1) is 0 Å². The van der Waals surface area contributed by atoms with Gasteiger partial charge in [-0.2, -0.15) is 5.26 Å². The Morgan fingerprint density at radius 1 is 1.35 bits per heavy atom. The summed E-state index contributed by atoms with van der Waals surface area (Å²) in [5.41, 5.74) is 0. The van der Waals surface area contributed by atoms with Gasteiger partial charge in [0.05, 0.1) is 18.0 Å². The minimum absolute atomic E-state index is 0.157. The van der Waals surface area contributed by atoms with Gasteiger partial charge in [-0.25, -0.2) is 4.98 Å². The molecule has 0 radical (unpaired) electrons. The number of nitrogens with zero attached hydrogens (tertiary/aromatic N) is 3. The van der Waals surface area contributed by atoms with Crippen LogP contribution < -0.4 is 0 Å². The molecule has 1 saturated carbocycles. The van der Waals surface area contributed by atoms with Crippen LogP contribution in [0.2, 0.25) is 0 Å². The van der Waals surface area contributed by atoms with Gasteiger partial charge in [0.2, 0.25) is 0 Å². The molecule has 3 heteroatoms. The summed E-state index contributed by atoms with van der Waals surface area (Å²) in [5, 5.41) is 9.33. The number of aromatic nitrogens is 2. The van der Waals surface area contributed by atoms with Crippen molar-refractivity contribution in [1.82, 2.24) is 9.55 Å². The Balaban J connectivity index is 2.29. The molecule has 0 bridgehead atoms. The van der Waals surface area contributed by atoms with Crippen LogP contribution in [0.15, 0.2) is 12.4 Å². The first kappa shape index (κ1) is 12.2. The highest BCUT2D eigenvalue weighted by Gasteiger charge is 2.26. The Morgan fingerprint density at radius 2 is 2.12 bits per heavy atom. The van der Waals surface area contributed by atoms with Gasteiger partial charge in [-0.3, -0.25) is 0 Å². The lowest BCUT2D eigenvalue weighted by atomic mass is 9.95. The lowest BCUT2D eigenvalue weighted by molar-refractivity contribution is 0.359. The van der Waals surface area contributed by atoms with E-state index in [-0.39, 0.29) is 5.92 Å². The molecule has 1 aromatic rings. The average molecular weight is 231 g/mol. The van der Waals surface area contributed by atoms with Crippen LogP contribution in [0.5, 0.6) is 0 Å². The first-order valence-corrected chi connectivity index (χ1v) is 6.66. The first-order valence-electron chi connectivity index (χ1n) is 6.66. The Morgan fingerprint density at radius 3 is 2.82 bits per heavy atom. The Kier molecular flexibility index (Phi) is 3.83. The normalized spacial score (nSPS) is 25.5. The molecule has 1 heterocycles. The van der Waals surface area contributed by atoms with Gasteiger partial charge in [-0.1, -0.05) is 33.1 Å². The Hall–Kier alpha value is -1.30. The van der Waals surface area contributed by atoms with Crippen molar-refractivity contribution in [2.75, 3.05) is 0 Å². The van der Waals surface area contributed by atoms with Crippen molar-refractivity contribution in [3.63, 3.8) is 0 Å². The highest BCUT2D eigenvalue weighted by Crippen LogP contribution is 2.34. The summed E-state index contributed by atoms with van der Waals surface area (Å²) in [6.07, 6.45) is 9.77. The Labute approximate surface area is 103 Å². The van der Waals surface area contributed by atoms with E-state index < -0.39 is 0 Å². The van der Waals surface area contributed by atoms with Crippen LogP contribution in [0.4, 0.5) is 0 Å². The molecule has 2 rings (SSSR count). The summed E-state index contributed by atoms with van der Waals surface area (Å²) in [5.74, 6) is 1.70. The lowest BCUT2D eigenvalue weighted by Gasteiger charge is -2.24. The summed E-state index contributed by atoms with van der Waals surface area (Å²) >= 11 is 0. The molecule has 1 aromatic heterocycles. The van der Waals surface area contributed by atoms with Crippen molar-refractivity contribution >= 4 is 0 Å². The number of hydrogen-bond donors (Lipinski definition) is 0. The Bertz CT molecular complexity index is 400.